The topological polar surface area (TPSA) is 63.4 Å². The second-order valence-electron chi connectivity index (χ2n) is 6.88. The third-order valence-corrected chi connectivity index (χ3v) is 5.66. The first-order chi connectivity index (χ1) is 12.2. The predicted octanol–water partition coefficient (Wildman–Crippen LogP) is 3.70. The number of nitrogens with one attached hydrogen (secondary N) is 1. The molecule has 0 spiro atoms. The zero-order chi connectivity index (χ0) is 17.2. The Bertz CT molecular complexity index is 813. The summed E-state index contributed by atoms with van der Waals surface area (Å²) >= 11 is 1.68. The highest BCUT2D eigenvalue weighted by atomic mass is 32.1. The van der Waals surface area contributed by atoms with Gasteiger partial charge in [-0.3, -0.25) is 0 Å². The molecule has 2 aliphatic rings. The molecule has 1 saturated carbocycles. The third kappa shape index (κ3) is 3.96. The smallest absolute Gasteiger partial charge is 0.184 e. The largest absolute Gasteiger partial charge is 0.458 e. The van der Waals surface area contributed by atoms with Crippen molar-refractivity contribution in [3.05, 3.63) is 42.3 Å². The van der Waals surface area contributed by atoms with Crippen LogP contribution in [0.3, 0.4) is 0 Å². The van der Waals surface area contributed by atoms with Gasteiger partial charge in [0, 0.05) is 37.9 Å². The number of anilines is 1. The normalized spacial score (nSPS) is 23.6. The molecule has 3 N–H and O–H groups in total. The van der Waals surface area contributed by atoms with E-state index in [9.17, 15) is 0 Å². The second kappa shape index (κ2) is 7.06. The first kappa shape index (κ1) is 16.4. The van der Waals surface area contributed by atoms with Crippen LogP contribution in [0.15, 0.2) is 42.3 Å². The van der Waals surface area contributed by atoms with Crippen molar-refractivity contribution < 1.29 is 4.74 Å². The van der Waals surface area contributed by atoms with Crippen molar-refractivity contribution in [3.8, 4) is 5.75 Å². The van der Waals surface area contributed by atoms with Gasteiger partial charge in [0.2, 0.25) is 0 Å². The van der Waals surface area contributed by atoms with Gasteiger partial charge < -0.3 is 20.7 Å². The monoisotopic (exact) mass is 356 g/mol. The number of likely N-dealkylation sites (N-methyl/N-ethyl adjacent to an activating group) is 1. The van der Waals surface area contributed by atoms with Gasteiger partial charge in [0.25, 0.3) is 0 Å². The molecule has 2 heterocycles. The van der Waals surface area contributed by atoms with Gasteiger partial charge in [0.05, 0.1) is 10.2 Å². The number of rotatable bonds is 4. The molecule has 2 atom stereocenters. The van der Waals surface area contributed by atoms with Gasteiger partial charge in [-0.25, -0.2) is 4.98 Å². The fraction of sp³-hybridized carbons (Fsp3) is 0.421. The summed E-state index contributed by atoms with van der Waals surface area (Å²) in [6.45, 7) is 0.867. The van der Waals surface area contributed by atoms with Gasteiger partial charge in [-0.15, -0.1) is 0 Å². The Morgan fingerprint density at radius 3 is 3.08 bits per heavy atom. The van der Waals surface area contributed by atoms with E-state index in [1.165, 1.54) is 12.8 Å². The van der Waals surface area contributed by atoms with E-state index in [-0.39, 0.29) is 0 Å². The summed E-state index contributed by atoms with van der Waals surface area (Å²) < 4.78 is 7.11. The molecule has 0 bridgehead atoms. The van der Waals surface area contributed by atoms with E-state index in [0.717, 1.165) is 46.2 Å². The predicted molar refractivity (Wildman–Crippen MR) is 104 cm³/mol. The van der Waals surface area contributed by atoms with E-state index in [0.29, 0.717) is 12.1 Å². The summed E-state index contributed by atoms with van der Waals surface area (Å²) in [6.07, 6.45) is 10.6. The van der Waals surface area contributed by atoms with Crippen LogP contribution in [0.5, 0.6) is 5.75 Å². The van der Waals surface area contributed by atoms with Crippen LogP contribution in [0.25, 0.3) is 10.2 Å². The molecule has 1 aromatic heterocycles. The summed E-state index contributed by atoms with van der Waals surface area (Å²) in [5.74, 6) is 1.74. The Morgan fingerprint density at radius 1 is 1.36 bits per heavy atom. The van der Waals surface area contributed by atoms with Gasteiger partial charge in [-0.1, -0.05) is 11.3 Å². The van der Waals surface area contributed by atoms with Crippen molar-refractivity contribution in [1.29, 1.82) is 0 Å². The first-order valence-corrected chi connectivity index (χ1v) is 9.66. The Hall–Kier alpha value is -2.05. The maximum atomic E-state index is 6.08. The summed E-state index contributed by atoms with van der Waals surface area (Å²) in [5.41, 5.74) is 7.09. The average molecular weight is 356 g/mol. The Kier molecular flexibility index (Phi) is 4.63. The number of ether oxygens (including phenoxy) is 1. The molecular formula is C19H24N4OS. The van der Waals surface area contributed by atoms with Crippen LogP contribution in [0.4, 0.5) is 5.13 Å². The number of nitrogens with two attached hydrogens (primary N) is 1. The molecule has 0 radical (unpaired) electrons. The lowest BCUT2D eigenvalue weighted by Crippen LogP contribution is -2.34. The van der Waals surface area contributed by atoms with Gasteiger partial charge in [-0.2, -0.15) is 0 Å². The van der Waals surface area contributed by atoms with E-state index in [4.69, 9.17) is 15.5 Å². The van der Waals surface area contributed by atoms with Crippen molar-refractivity contribution in [2.75, 3.05) is 18.9 Å². The van der Waals surface area contributed by atoms with E-state index in [2.05, 4.69) is 22.4 Å². The van der Waals surface area contributed by atoms with Crippen LogP contribution < -0.4 is 15.8 Å². The molecule has 25 heavy (non-hydrogen) atoms. The number of hydrogen-bond donors (Lipinski definition) is 2. The van der Waals surface area contributed by atoms with Crippen LogP contribution in [-0.2, 0) is 0 Å². The molecule has 1 aliphatic carbocycles. The number of hydrogen-bond acceptors (Lipinski definition) is 6. The lowest BCUT2D eigenvalue weighted by Gasteiger charge is -2.27. The van der Waals surface area contributed by atoms with Crippen molar-refractivity contribution >= 4 is 26.7 Å². The molecule has 1 fully saturated rings. The van der Waals surface area contributed by atoms with E-state index in [1.807, 2.05) is 31.5 Å². The molecule has 5 nitrogen and oxygen atoms in total. The minimum Gasteiger partial charge on any atom is -0.458 e. The Morgan fingerprint density at radius 2 is 2.28 bits per heavy atom. The molecule has 6 heteroatoms. The highest BCUT2D eigenvalue weighted by Crippen LogP contribution is 2.31. The fourth-order valence-corrected chi connectivity index (χ4v) is 4.31. The van der Waals surface area contributed by atoms with E-state index < -0.39 is 0 Å². The number of allylic oxidation sites excluding steroid dienone is 1. The Labute approximate surface area is 152 Å². The van der Waals surface area contributed by atoms with Crippen LogP contribution in [0, 0.1) is 0 Å². The standard InChI is InChI=1S/C19H24N4OS/c1-23-9-7-15(8-10-23)24-16-5-6-17-18(12-16)25-19(22-17)21-14-4-2-3-13(20)11-14/h5-9,12-14H,2-4,10-11,20H2,1H3,(H,21,22). The molecule has 132 valence electrons. The highest BCUT2D eigenvalue weighted by Gasteiger charge is 2.20. The number of benzene rings is 1. The molecule has 0 saturated heterocycles. The SMILES string of the molecule is CN1C=CC(Oc2ccc3nc(NC4CCCC(N)C4)sc3c2)=CC1. The van der Waals surface area contributed by atoms with E-state index >= 15 is 0 Å². The quantitative estimate of drug-likeness (QED) is 0.874. The average Bonchev–Trinajstić information content (AvgIpc) is 2.98. The molecule has 0 amide bonds. The molecular weight excluding hydrogens is 332 g/mol. The van der Waals surface area contributed by atoms with Gasteiger partial charge in [0.1, 0.15) is 11.5 Å². The summed E-state index contributed by atoms with van der Waals surface area (Å²) in [7, 11) is 2.04. The molecule has 4 rings (SSSR count). The summed E-state index contributed by atoms with van der Waals surface area (Å²) in [5, 5.41) is 4.54. The fourth-order valence-electron chi connectivity index (χ4n) is 3.34. The lowest BCUT2D eigenvalue weighted by molar-refractivity contribution is 0.409. The van der Waals surface area contributed by atoms with Crippen molar-refractivity contribution in [1.82, 2.24) is 9.88 Å². The number of aromatic nitrogens is 1. The van der Waals surface area contributed by atoms with E-state index in [1.54, 1.807) is 11.3 Å². The molecule has 1 aromatic carbocycles. The first-order valence-electron chi connectivity index (χ1n) is 8.85. The van der Waals surface area contributed by atoms with Gasteiger partial charge >= 0.3 is 0 Å². The summed E-state index contributed by atoms with van der Waals surface area (Å²) in [6, 6.07) is 6.83. The van der Waals surface area contributed by atoms with Crippen molar-refractivity contribution in [3.63, 3.8) is 0 Å². The van der Waals surface area contributed by atoms with Crippen LogP contribution in [-0.4, -0.2) is 35.6 Å². The summed E-state index contributed by atoms with van der Waals surface area (Å²) in [4.78, 5) is 6.81. The maximum absolute atomic E-state index is 6.08. The van der Waals surface area contributed by atoms with Gasteiger partial charge in [-0.05, 0) is 50.0 Å². The minimum absolute atomic E-state index is 0.316. The highest BCUT2D eigenvalue weighted by molar-refractivity contribution is 7.22. The zero-order valence-corrected chi connectivity index (χ0v) is 15.3. The lowest BCUT2D eigenvalue weighted by atomic mass is 9.92. The third-order valence-electron chi connectivity index (χ3n) is 4.71. The van der Waals surface area contributed by atoms with Crippen molar-refractivity contribution in [2.24, 2.45) is 5.73 Å². The second-order valence-corrected chi connectivity index (χ2v) is 7.91. The van der Waals surface area contributed by atoms with Crippen molar-refractivity contribution in [2.45, 2.75) is 37.8 Å². The molecule has 2 aromatic rings. The molecule has 2 unspecified atom stereocenters. The van der Waals surface area contributed by atoms with Crippen LogP contribution >= 0.6 is 11.3 Å². The molecule has 1 aliphatic heterocycles. The Balaban J connectivity index is 1.46. The van der Waals surface area contributed by atoms with Crippen LogP contribution in [0.2, 0.25) is 0 Å². The number of thiazole rings is 1. The minimum atomic E-state index is 0.316. The van der Waals surface area contributed by atoms with Crippen LogP contribution in [0.1, 0.15) is 25.7 Å². The van der Waals surface area contributed by atoms with Gasteiger partial charge in [0.15, 0.2) is 5.13 Å². The number of nitrogens with zero attached hydrogens (tertiary/aromatic N) is 2. The maximum Gasteiger partial charge on any atom is 0.184 e. The number of fused-ring (bicyclic) bond motifs is 1. The zero-order valence-electron chi connectivity index (χ0n) is 14.4.